The summed E-state index contributed by atoms with van der Waals surface area (Å²) in [7, 11) is 4.13. The summed E-state index contributed by atoms with van der Waals surface area (Å²) in [6, 6.07) is 18.5. The summed E-state index contributed by atoms with van der Waals surface area (Å²) in [5.74, 6) is -0.0462. The van der Waals surface area contributed by atoms with E-state index < -0.39 is 0 Å². The molecule has 0 bridgehead atoms. The molecule has 0 aliphatic carbocycles. The predicted octanol–water partition coefficient (Wildman–Crippen LogP) is 4.70. The Balaban J connectivity index is 0.00000119. The van der Waals surface area contributed by atoms with Gasteiger partial charge in [0, 0.05) is 30.0 Å². The van der Waals surface area contributed by atoms with Gasteiger partial charge in [-0.1, -0.05) is 44.2 Å². The quantitative estimate of drug-likeness (QED) is 0.494. The molecule has 2 aromatic carbocycles. The van der Waals surface area contributed by atoms with Crippen LogP contribution in [0.3, 0.4) is 0 Å². The van der Waals surface area contributed by atoms with Crippen LogP contribution in [-0.2, 0) is 6.54 Å². The Morgan fingerprint density at radius 1 is 0.938 bits per heavy atom. The lowest BCUT2D eigenvalue weighted by molar-refractivity contribution is 0.402. The average Bonchev–Trinajstić information content (AvgIpc) is 2.83. The highest BCUT2D eigenvalue weighted by Crippen LogP contribution is 2.46. The minimum atomic E-state index is -0.167. The van der Waals surface area contributed by atoms with Crippen LogP contribution in [-0.4, -0.2) is 34.2 Å². The molecule has 0 amide bonds. The van der Waals surface area contributed by atoms with Crippen LogP contribution in [0.25, 0.3) is 10.8 Å². The highest BCUT2D eigenvalue weighted by atomic mass is 16.1. The van der Waals surface area contributed by atoms with Crippen LogP contribution in [0.15, 0.2) is 71.8 Å². The maximum atomic E-state index is 12.4. The average molecular weight is 428 g/mol. The molecule has 0 fully saturated rings. The van der Waals surface area contributed by atoms with Crippen LogP contribution in [0.2, 0.25) is 0 Å². The first-order valence-electron chi connectivity index (χ1n) is 11.0. The molecule has 6 heteroatoms. The lowest BCUT2D eigenvalue weighted by Crippen LogP contribution is -2.28. The van der Waals surface area contributed by atoms with E-state index in [0.717, 1.165) is 34.4 Å². The largest absolute Gasteiger partial charge is 0.377 e. The molecule has 4 aromatic rings. The summed E-state index contributed by atoms with van der Waals surface area (Å²) in [4.78, 5) is 18.7. The van der Waals surface area contributed by atoms with Crippen molar-refractivity contribution in [3.05, 3.63) is 99.7 Å². The van der Waals surface area contributed by atoms with Gasteiger partial charge in [-0.3, -0.25) is 9.78 Å². The molecule has 1 aliphatic rings. The van der Waals surface area contributed by atoms with Crippen LogP contribution >= 0.6 is 0 Å². The number of benzene rings is 2. The molecule has 0 radical (unpaired) electrons. The standard InChI is InChI=1S/C24H23N5O.C2H6/c1-29(2)14-15-6-8-16(9-7-15)20-22(17-10-12-25-13-11-17)26-19-5-3-4-18-21(19)23(20)27-28-24(18)30;1-2/h3-13,20,22,26H,14H2,1-2H3,(H,28,30);1-2H3. The maximum Gasteiger partial charge on any atom is 0.272 e. The first-order valence-corrected chi connectivity index (χ1v) is 11.0. The van der Waals surface area contributed by atoms with Crippen molar-refractivity contribution < 1.29 is 0 Å². The number of aromatic amines is 1. The van der Waals surface area contributed by atoms with Crippen molar-refractivity contribution in [1.29, 1.82) is 0 Å². The van der Waals surface area contributed by atoms with E-state index in [9.17, 15) is 4.79 Å². The van der Waals surface area contributed by atoms with Crippen molar-refractivity contribution in [2.45, 2.75) is 32.4 Å². The normalized spacial score (nSPS) is 16.9. The molecule has 5 rings (SSSR count). The molecule has 2 N–H and O–H groups in total. The first kappa shape index (κ1) is 21.7. The molecule has 0 saturated heterocycles. The summed E-state index contributed by atoms with van der Waals surface area (Å²) >= 11 is 0. The fraction of sp³-hybridized carbons (Fsp3) is 0.269. The predicted molar refractivity (Wildman–Crippen MR) is 130 cm³/mol. The van der Waals surface area contributed by atoms with E-state index in [4.69, 9.17) is 0 Å². The van der Waals surface area contributed by atoms with Gasteiger partial charge >= 0.3 is 0 Å². The molecule has 0 spiro atoms. The van der Waals surface area contributed by atoms with E-state index in [1.807, 2.05) is 56.6 Å². The zero-order valence-electron chi connectivity index (χ0n) is 19.0. The van der Waals surface area contributed by atoms with Crippen molar-refractivity contribution in [1.82, 2.24) is 20.1 Å². The molecule has 3 heterocycles. The fourth-order valence-electron chi connectivity index (χ4n) is 4.39. The van der Waals surface area contributed by atoms with E-state index in [0.29, 0.717) is 5.39 Å². The topological polar surface area (TPSA) is 73.9 Å². The number of aromatic nitrogens is 3. The smallest absolute Gasteiger partial charge is 0.272 e. The third kappa shape index (κ3) is 4.01. The minimum absolute atomic E-state index is 0.0239. The van der Waals surface area contributed by atoms with E-state index in [1.165, 1.54) is 5.56 Å². The Morgan fingerprint density at radius 3 is 2.34 bits per heavy atom. The molecule has 2 atom stereocenters. The van der Waals surface area contributed by atoms with Gasteiger partial charge in [-0.15, -0.1) is 0 Å². The minimum Gasteiger partial charge on any atom is -0.377 e. The van der Waals surface area contributed by atoms with Gasteiger partial charge in [0.15, 0.2) is 0 Å². The number of H-pyrrole nitrogens is 1. The van der Waals surface area contributed by atoms with E-state index in [-0.39, 0.29) is 17.5 Å². The summed E-state index contributed by atoms with van der Waals surface area (Å²) in [5, 5.41) is 12.5. The molecule has 1 aliphatic heterocycles. The van der Waals surface area contributed by atoms with Crippen LogP contribution in [0, 0.1) is 0 Å². The molecule has 0 saturated carbocycles. The van der Waals surface area contributed by atoms with Crippen molar-refractivity contribution in [2.24, 2.45) is 0 Å². The second-order valence-electron chi connectivity index (χ2n) is 8.03. The highest BCUT2D eigenvalue weighted by molar-refractivity contribution is 5.97. The van der Waals surface area contributed by atoms with Crippen LogP contribution < -0.4 is 10.9 Å². The Bertz CT molecular complexity index is 1250. The monoisotopic (exact) mass is 427 g/mol. The van der Waals surface area contributed by atoms with Gasteiger partial charge in [-0.2, -0.15) is 5.10 Å². The van der Waals surface area contributed by atoms with Crippen molar-refractivity contribution in [3.63, 3.8) is 0 Å². The van der Waals surface area contributed by atoms with Gasteiger partial charge in [0.1, 0.15) is 0 Å². The van der Waals surface area contributed by atoms with Crippen molar-refractivity contribution in [3.8, 4) is 0 Å². The molecule has 2 aromatic heterocycles. The lowest BCUT2D eigenvalue weighted by Gasteiger charge is -2.34. The molecule has 32 heavy (non-hydrogen) atoms. The van der Waals surface area contributed by atoms with Crippen molar-refractivity contribution in [2.75, 3.05) is 19.4 Å². The van der Waals surface area contributed by atoms with Gasteiger partial charge in [0.25, 0.3) is 5.56 Å². The van der Waals surface area contributed by atoms with E-state index >= 15 is 0 Å². The molecular formula is C26H29N5O. The second-order valence-corrected chi connectivity index (χ2v) is 8.03. The number of anilines is 1. The lowest BCUT2D eigenvalue weighted by atomic mass is 9.80. The van der Waals surface area contributed by atoms with Crippen LogP contribution in [0.4, 0.5) is 5.69 Å². The first-order chi connectivity index (χ1) is 15.6. The number of nitrogens with zero attached hydrogens (tertiary/aromatic N) is 3. The summed E-state index contributed by atoms with van der Waals surface area (Å²) < 4.78 is 0. The molecule has 164 valence electrons. The summed E-state index contributed by atoms with van der Waals surface area (Å²) in [6.07, 6.45) is 3.62. The van der Waals surface area contributed by atoms with Crippen LogP contribution in [0.1, 0.15) is 48.2 Å². The third-order valence-electron chi connectivity index (χ3n) is 5.68. The number of nitrogens with one attached hydrogen (secondary N) is 2. The fourth-order valence-corrected chi connectivity index (χ4v) is 4.39. The summed E-state index contributed by atoms with van der Waals surface area (Å²) in [5.41, 5.74) is 5.20. The van der Waals surface area contributed by atoms with Crippen LogP contribution in [0.5, 0.6) is 0 Å². The molecule has 2 unspecified atom stereocenters. The van der Waals surface area contributed by atoms with Crippen molar-refractivity contribution >= 4 is 16.5 Å². The van der Waals surface area contributed by atoms with Gasteiger partial charge in [0.2, 0.25) is 0 Å². The Kier molecular flexibility index (Phi) is 6.32. The Morgan fingerprint density at radius 2 is 1.66 bits per heavy atom. The third-order valence-corrected chi connectivity index (χ3v) is 5.68. The van der Waals surface area contributed by atoms with Gasteiger partial charge in [-0.05, 0) is 55.1 Å². The number of hydrogen-bond acceptors (Lipinski definition) is 5. The van der Waals surface area contributed by atoms with Gasteiger partial charge in [-0.25, -0.2) is 5.10 Å². The Labute approximate surface area is 188 Å². The zero-order valence-corrected chi connectivity index (χ0v) is 19.0. The van der Waals surface area contributed by atoms with Gasteiger partial charge in [0.05, 0.1) is 23.0 Å². The molecule has 6 nitrogen and oxygen atoms in total. The number of pyridine rings is 1. The molecular weight excluding hydrogens is 398 g/mol. The number of rotatable bonds is 4. The number of hydrogen-bond donors (Lipinski definition) is 2. The van der Waals surface area contributed by atoms with E-state index in [2.05, 4.69) is 63.8 Å². The highest BCUT2D eigenvalue weighted by Gasteiger charge is 2.34. The maximum absolute atomic E-state index is 12.4. The van der Waals surface area contributed by atoms with Gasteiger partial charge < -0.3 is 10.2 Å². The second kappa shape index (κ2) is 9.32. The SMILES string of the molecule is CC.CN(C)Cc1ccc(C2c3n[nH]c(=O)c4cccc(c34)NC2c2ccncc2)cc1. The summed E-state index contributed by atoms with van der Waals surface area (Å²) in [6.45, 7) is 4.89. The zero-order chi connectivity index (χ0) is 22.7. The Hall–Kier alpha value is -3.51. The van der Waals surface area contributed by atoms with E-state index in [1.54, 1.807) is 0 Å².